The number of halogens is 2. The number of carbonyl (C=O) groups is 1. The second-order valence-electron chi connectivity index (χ2n) is 2.71. The maximum Gasteiger partial charge on any atom is 0.341 e. The van der Waals surface area contributed by atoms with Gasteiger partial charge in [0.05, 0.1) is 4.47 Å². The number of benzene rings is 1. The van der Waals surface area contributed by atoms with Crippen LogP contribution in [-0.2, 0) is 4.79 Å². The van der Waals surface area contributed by atoms with Crippen molar-refractivity contribution in [3.05, 3.63) is 27.2 Å². The zero-order valence-corrected chi connectivity index (χ0v) is 9.72. The van der Waals surface area contributed by atoms with Gasteiger partial charge in [-0.3, -0.25) is 0 Å². The van der Waals surface area contributed by atoms with Gasteiger partial charge in [0, 0.05) is 11.1 Å². The zero-order valence-electron chi connectivity index (χ0n) is 7.38. The molecule has 1 rings (SSSR count). The van der Waals surface area contributed by atoms with Gasteiger partial charge < -0.3 is 9.84 Å². The molecule has 14 heavy (non-hydrogen) atoms. The fourth-order valence-corrected chi connectivity index (χ4v) is 1.60. The summed E-state index contributed by atoms with van der Waals surface area (Å²) in [6.45, 7) is 1.48. The number of rotatable bonds is 3. The van der Waals surface area contributed by atoms with Gasteiger partial charge in [-0.1, -0.05) is 11.6 Å². The van der Waals surface area contributed by atoms with Crippen LogP contribution in [0.15, 0.2) is 16.6 Å². The van der Waals surface area contributed by atoms with Gasteiger partial charge in [0.15, 0.2) is 6.61 Å². The SMILES string of the molecule is Cc1cc(Br)c(OCC(=O)O)cc1Cl. The molecule has 0 aliphatic carbocycles. The van der Waals surface area contributed by atoms with Crippen LogP contribution in [-0.4, -0.2) is 17.7 Å². The standard InChI is InChI=1S/C9H8BrClO3/c1-5-2-6(10)8(3-7(5)11)14-4-9(12)13/h2-3H,4H2,1H3,(H,12,13). The molecule has 0 saturated heterocycles. The van der Waals surface area contributed by atoms with E-state index in [0.29, 0.717) is 15.2 Å². The largest absolute Gasteiger partial charge is 0.481 e. The average molecular weight is 280 g/mol. The van der Waals surface area contributed by atoms with Crippen LogP contribution in [0.5, 0.6) is 5.75 Å². The average Bonchev–Trinajstić information content (AvgIpc) is 2.09. The fourth-order valence-electron chi connectivity index (χ4n) is 0.878. The molecule has 3 nitrogen and oxygen atoms in total. The normalized spacial score (nSPS) is 9.93. The molecule has 0 aliphatic heterocycles. The van der Waals surface area contributed by atoms with Crippen molar-refractivity contribution in [3.8, 4) is 5.75 Å². The van der Waals surface area contributed by atoms with E-state index in [0.717, 1.165) is 5.56 Å². The van der Waals surface area contributed by atoms with E-state index < -0.39 is 5.97 Å². The minimum atomic E-state index is -1.02. The Balaban J connectivity index is 2.87. The molecule has 0 amide bonds. The lowest BCUT2D eigenvalue weighted by Gasteiger charge is -2.07. The van der Waals surface area contributed by atoms with Crippen molar-refractivity contribution in [2.24, 2.45) is 0 Å². The lowest BCUT2D eigenvalue weighted by Crippen LogP contribution is -2.09. The molecule has 5 heteroatoms. The first-order chi connectivity index (χ1) is 6.50. The van der Waals surface area contributed by atoms with Gasteiger partial charge in [0.2, 0.25) is 0 Å². The molecule has 0 aromatic heterocycles. The molecular weight excluding hydrogens is 271 g/mol. The van der Waals surface area contributed by atoms with Crippen LogP contribution in [0.3, 0.4) is 0 Å². The molecule has 0 saturated carbocycles. The van der Waals surface area contributed by atoms with E-state index in [-0.39, 0.29) is 6.61 Å². The van der Waals surface area contributed by atoms with Crippen molar-refractivity contribution < 1.29 is 14.6 Å². The molecule has 0 radical (unpaired) electrons. The maximum atomic E-state index is 10.3. The molecular formula is C9H8BrClO3. The number of ether oxygens (including phenoxy) is 1. The Kier molecular flexibility index (Phi) is 3.77. The molecule has 0 bridgehead atoms. The third-order valence-corrected chi connectivity index (χ3v) is 2.59. The van der Waals surface area contributed by atoms with E-state index in [4.69, 9.17) is 21.4 Å². The molecule has 0 aliphatic rings. The topological polar surface area (TPSA) is 46.5 Å². The Morgan fingerprint density at radius 3 is 2.86 bits per heavy atom. The highest BCUT2D eigenvalue weighted by Gasteiger charge is 2.06. The molecule has 1 aromatic carbocycles. The van der Waals surface area contributed by atoms with E-state index in [1.807, 2.05) is 6.92 Å². The number of carboxylic acid groups (broad SMARTS) is 1. The first-order valence-corrected chi connectivity index (χ1v) is 4.98. The van der Waals surface area contributed by atoms with Crippen LogP contribution in [0, 0.1) is 6.92 Å². The summed E-state index contributed by atoms with van der Waals surface area (Å²) in [6, 6.07) is 3.36. The summed E-state index contributed by atoms with van der Waals surface area (Å²) in [6.07, 6.45) is 0. The predicted octanol–water partition coefficient (Wildman–Crippen LogP) is 2.87. The van der Waals surface area contributed by atoms with Crippen LogP contribution >= 0.6 is 27.5 Å². The maximum absolute atomic E-state index is 10.3. The highest BCUT2D eigenvalue weighted by Crippen LogP contribution is 2.30. The Morgan fingerprint density at radius 2 is 2.29 bits per heavy atom. The summed E-state index contributed by atoms with van der Waals surface area (Å²) >= 11 is 9.11. The molecule has 1 N–H and O–H groups in total. The number of aryl methyl sites for hydroxylation is 1. The molecule has 76 valence electrons. The van der Waals surface area contributed by atoms with Crippen LogP contribution < -0.4 is 4.74 Å². The van der Waals surface area contributed by atoms with Gasteiger partial charge in [0.1, 0.15) is 5.75 Å². The van der Waals surface area contributed by atoms with Gasteiger partial charge >= 0.3 is 5.97 Å². The third-order valence-electron chi connectivity index (χ3n) is 1.56. The van der Waals surface area contributed by atoms with Crippen LogP contribution in [0.25, 0.3) is 0 Å². The van der Waals surface area contributed by atoms with Gasteiger partial charge in [-0.05, 0) is 34.5 Å². The summed E-state index contributed by atoms with van der Waals surface area (Å²) in [4.78, 5) is 10.3. The van der Waals surface area contributed by atoms with Gasteiger partial charge in [0.25, 0.3) is 0 Å². The molecule has 0 heterocycles. The first kappa shape index (κ1) is 11.3. The van der Waals surface area contributed by atoms with Crippen LogP contribution in [0.4, 0.5) is 0 Å². The fraction of sp³-hybridized carbons (Fsp3) is 0.222. The summed E-state index contributed by atoms with van der Waals surface area (Å²) in [5, 5.41) is 8.97. The van der Waals surface area contributed by atoms with Crippen molar-refractivity contribution in [2.45, 2.75) is 6.92 Å². The van der Waals surface area contributed by atoms with Gasteiger partial charge in [-0.2, -0.15) is 0 Å². The van der Waals surface area contributed by atoms with E-state index >= 15 is 0 Å². The summed E-state index contributed by atoms with van der Waals surface area (Å²) < 4.78 is 5.70. The zero-order chi connectivity index (χ0) is 10.7. The minimum Gasteiger partial charge on any atom is -0.481 e. The summed E-state index contributed by atoms with van der Waals surface area (Å²) in [7, 11) is 0. The van der Waals surface area contributed by atoms with Crippen molar-refractivity contribution in [1.82, 2.24) is 0 Å². The third kappa shape index (κ3) is 2.89. The first-order valence-electron chi connectivity index (χ1n) is 3.81. The Morgan fingerprint density at radius 1 is 1.64 bits per heavy atom. The second kappa shape index (κ2) is 4.66. The van der Waals surface area contributed by atoms with E-state index in [1.165, 1.54) is 0 Å². The number of hydrogen-bond acceptors (Lipinski definition) is 2. The number of hydrogen-bond donors (Lipinski definition) is 1. The number of aliphatic carboxylic acids is 1. The highest BCUT2D eigenvalue weighted by molar-refractivity contribution is 9.10. The van der Waals surface area contributed by atoms with Crippen molar-refractivity contribution in [2.75, 3.05) is 6.61 Å². The summed E-state index contributed by atoms with van der Waals surface area (Å²) in [5.74, 6) is -0.586. The molecule has 0 unspecified atom stereocenters. The Hall–Kier alpha value is -0.740. The Labute approximate surface area is 94.8 Å². The lowest BCUT2D eigenvalue weighted by molar-refractivity contribution is -0.139. The van der Waals surface area contributed by atoms with Crippen LogP contribution in [0.2, 0.25) is 5.02 Å². The van der Waals surface area contributed by atoms with E-state index in [9.17, 15) is 4.79 Å². The van der Waals surface area contributed by atoms with Crippen molar-refractivity contribution >= 4 is 33.5 Å². The Bertz CT molecular complexity index is 365. The van der Waals surface area contributed by atoms with Crippen molar-refractivity contribution in [3.63, 3.8) is 0 Å². The summed E-state index contributed by atoms with van der Waals surface area (Å²) in [5.41, 5.74) is 0.904. The predicted molar refractivity (Wildman–Crippen MR) is 57.0 cm³/mol. The smallest absolute Gasteiger partial charge is 0.341 e. The van der Waals surface area contributed by atoms with Crippen molar-refractivity contribution in [1.29, 1.82) is 0 Å². The molecule has 0 fully saturated rings. The van der Waals surface area contributed by atoms with E-state index in [1.54, 1.807) is 12.1 Å². The highest BCUT2D eigenvalue weighted by atomic mass is 79.9. The van der Waals surface area contributed by atoms with E-state index in [2.05, 4.69) is 15.9 Å². The van der Waals surface area contributed by atoms with Crippen LogP contribution in [0.1, 0.15) is 5.56 Å². The van der Waals surface area contributed by atoms with Gasteiger partial charge in [-0.25, -0.2) is 4.79 Å². The monoisotopic (exact) mass is 278 g/mol. The quantitative estimate of drug-likeness (QED) is 0.925. The van der Waals surface area contributed by atoms with Gasteiger partial charge in [-0.15, -0.1) is 0 Å². The second-order valence-corrected chi connectivity index (χ2v) is 3.98. The minimum absolute atomic E-state index is 0.377. The lowest BCUT2D eigenvalue weighted by atomic mass is 10.2. The molecule has 0 spiro atoms. The number of carboxylic acids is 1. The molecule has 0 atom stereocenters. The molecule has 1 aromatic rings.